The number of nitrogens with one attached hydrogen (secondary N) is 2. The topological polar surface area (TPSA) is 113 Å². The average molecular weight is 401 g/mol. The molecule has 30 heavy (non-hydrogen) atoms. The number of nitrogens with zero attached hydrogens (tertiary/aromatic N) is 3. The van der Waals surface area contributed by atoms with Crippen molar-refractivity contribution in [3.63, 3.8) is 0 Å². The number of hydrogen-bond acceptors (Lipinski definition) is 5. The molecule has 8 heteroatoms. The largest absolute Gasteiger partial charge is 0.380 e. The summed E-state index contributed by atoms with van der Waals surface area (Å²) >= 11 is 0. The average Bonchev–Trinajstić information content (AvgIpc) is 3.10. The number of ether oxygens (including phenoxy) is 1. The number of carbonyl (C=O) groups is 1. The zero-order chi connectivity index (χ0) is 20.7. The van der Waals surface area contributed by atoms with Crippen molar-refractivity contribution in [2.75, 3.05) is 13.2 Å². The third kappa shape index (κ3) is 3.09. The van der Waals surface area contributed by atoms with Gasteiger partial charge in [-0.1, -0.05) is 12.1 Å². The van der Waals surface area contributed by atoms with Crippen LogP contribution in [-0.4, -0.2) is 39.9 Å². The zero-order valence-electron chi connectivity index (χ0n) is 16.1. The molecule has 8 nitrogen and oxygen atoms in total. The number of pyridine rings is 1. The summed E-state index contributed by atoms with van der Waals surface area (Å²) in [4.78, 5) is 29.5. The lowest BCUT2D eigenvalue weighted by Crippen LogP contribution is -2.59. The highest BCUT2D eigenvalue weighted by Crippen LogP contribution is 2.46. The fourth-order valence-electron chi connectivity index (χ4n) is 4.11. The lowest BCUT2D eigenvalue weighted by atomic mass is 9.64. The summed E-state index contributed by atoms with van der Waals surface area (Å²) in [5, 5.41) is 14.8. The van der Waals surface area contributed by atoms with E-state index in [1.165, 1.54) is 10.9 Å². The molecule has 0 bridgehead atoms. The Hall–Kier alpha value is -3.70. The molecule has 5 rings (SSSR count). The van der Waals surface area contributed by atoms with E-state index in [1.807, 2.05) is 0 Å². The van der Waals surface area contributed by atoms with Crippen LogP contribution in [0.25, 0.3) is 16.9 Å². The van der Waals surface area contributed by atoms with E-state index in [4.69, 9.17) is 10.00 Å². The van der Waals surface area contributed by atoms with E-state index in [-0.39, 0.29) is 17.5 Å². The van der Waals surface area contributed by atoms with Crippen LogP contribution in [0.1, 0.15) is 28.8 Å². The molecular weight excluding hydrogens is 382 g/mol. The Kier molecular flexibility index (Phi) is 4.26. The van der Waals surface area contributed by atoms with Gasteiger partial charge in [0.2, 0.25) is 0 Å². The fraction of sp³-hybridized carbons (Fsp3) is 0.273. The maximum absolute atomic E-state index is 12.8. The normalized spacial score (nSPS) is 17.0. The molecule has 2 aliphatic rings. The van der Waals surface area contributed by atoms with Crippen LogP contribution in [-0.2, 0) is 4.74 Å². The number of aromatic nitrogens is 3. The van der Waals surface area contributed by atoms with Gasteiger partial charge in [-0.2, -0.15) is 5.26 Å². The Morgan fingerprint density at radius 3 is 2.60 bits per heavy atom. The molecule has 0 radical (unpaired) electrons. The van der Waals surface area contributed by atoms with Gasteiger partial charge in [0.1, 0.15) is 0 Å². The number of benzene rings is 1. The Bertz CT molecular complexity index is 1190. The summed E-state index contributed by atoms with van der Waals surface area (Å²) < 4.78 is 6.58. The Morgan fingerprint density at radius 2 is 2.00 bits per heavy atom. The molecule has 0 atom stereocenters. The molecule has 2 N–H and O–H groups in total. The molecule has 1 aromatic carbocycles. The Morgan fingerprint density at radius 1 is 1.23 bits per heavy atom. The second kappa shape index (κ2) is 6.97. The smallest absolute Gasteiger partial charge is 0.280 e. The summed E-state index contributed by atoms with van der Waals surface area (Å²) in [7, 11) is 0. The zero-order valence-corrected chi connectivity index (χ0v) is 16.1. The number of carbonyl (C=O) groups excluding carboxylic acids is 1. The number of nitriles is 1. The number of rotatable bonds is 4. The first-order chi connectivity index (χ1) is 14.6. The van der Waals surface area contributed by atoms with E-state index < -0.39 is 0 Å². The standard InChI is InChI=1S/C22H19N5O3/c23-9-14-1-3-15(4-2-14)18-11-25-27(21(18)29)19-6-5-16(10-24-19)20(28)26-17-7-22(8-17)12-30-13-22/h1-6,10-11,17,25H,7-8,12-13H2,(H,26,28). The number of aromatic amines is 1. The summed E-state index contributed by atoms with van der Waals surface area (Å²) in [6.45, 7) is 1.59. The second-order valence-electron chi connectivity index (χ2n) is 7.99. The molecule has 1 spiro atoms. The van der Waals surface area contributed by atoms with Crippen molar-refractivity contribution in [2.45, 2.75) is 18.9 Å². The first-order valence-corrected chi connectivity index (χ1v) is 9.73. The van der Waals surface area contributed by atoms with E-state index in [0.29, 0.717) is 33.5 Å². The van der Waals surface area contributed by atoms with Gasteiger partial charge in [0.25, 0.3) is 11.5 Å². The molecule has 2 fully saturated rings. The second-order valence-corrected chi connectivity index (χ2v) is 7.99. The van der Waals surface area contributed by atoms with Crippen LogP contribution in [0.3, 0.4) is 0 Å². The van der Waals surface area contributed by atoms with Crippen LogP contribution in [0.5, 0.6) is 0 Å². The summed E-state index contributed by atoms with van der Waals surface area (Å²) in [5.41, 5.74) is 2.20. The first kappa shape index (κ1) is 18.3. The molecule has 1 saturated heterocycles. The molecule has 1 aliphatic heterocycles. The van der Waals surface area contributed by atoms with Crippen molar-refractivity contribution < 1.29 is 9.53 Å². The quantitative estimate of drug-likeness (QED) is 0.694. The molecular formula is C22H19N5O3. The van der Waals surface area contributed by atoms with Crippen LogP contribution in [0.4, 0.5) is 0 Å². The van der Waals surface area contributed by atoms with Gasteiger partial charge in [0.15, 0.2) is 5.82 Å². The van der Waals surface area contributed by atoms with Gasteiger partial charge < -0.3 is 10.1 Å². The number of hydrogen-bond donors (Lipinski definition) is 2. The van der Waals surface area contributed by atoms with Crippen LogP contribution in [0.15, 0.2) is 53.6 Å². The summed E-state index contributed by atoms with van der Waals surface area (Å²) in [6, 6.07) is 12.3. The molecule has 3 heterocycles. The van der Waals surface area contributed by atoms with Crippen molar-refractivity contribution in [3.05, 3.63) is 70.3 Å². The Balaban J connectivity index is 1.29. The Labute approximate surface area is 172 Å². The van der Waals surface area contributed by atoms with Gasteiger partial charge in [-0.3, -0.25) is 14.7 Å². The third-order valence-electron chi connectivity index (χ3n) is 5.85. The van der Waals surface area contributed by atoms with Crippen molar-refractivity contribution in [2.24, 2.45) is 5.41 Å². The van der Waals surface area contributed by atoms with Crippen molar-refractivity contribution in [1.29, 1.82) is 5.26 Å². The lowest BCUT2D eigenvalue weighted by Gasteiger charge is -2.53. The molecule has 150 valence electrons. The van der Waals surface area contributed by atoms with Gasteiger partial charge in [-0.25, -0.2) is 9.67 Å². The van der Waals surface area contributed by atoms with E-state index in [2.05, 4.69) is 21.5 Å². The highest BCUT2D eigenvalue weighted by atomic mass is 16.5. The van der Waals surface area contributed by atoms with Gasteiger partial charge >= 0.3 is 0 Å². The first-order valence-electron chi connectivity index (χ1n) is 9.73. The van der Waals surface area contributed by atoms with Gasteiger partial charge in [-0.05, 0) is 42.7 Å². The maximum Gasteiger partial charge on any atom is 0.280 e. The van der Waals surface area contributed by atoms with Crippen molar-refractivity contribution in [3.8, 4) is 23.0 Å². The third-order valence-corrected chi connectivity index (χ3v) is 5.85. The molecule has 3 aromatic rings. The van der Waals surface area contributed by atoms with E-state index in [1.54, 1.807) is 42.6 Å². The fourth-order valence-corrected chi connectivity index (χ4v) is 4.11. The molecule has 0 unspecified atom stereocenters. The maximum atomic E-state index is 12.8. The number of H-pyrrole nitrogens is 1. The lowest BCUT2D eigenvalue weighted by molar-refractivity contribution is -0.165. The molecule has 1 aliphatic carbocycles. The van der Waals surface area contributed by atoms with Crippen LogP contribution >= 0.6 is 0 Å². The predicted molar refractivity (Wildman–Crippen MR) is 108 cm³/mol. The SMILES string of the molecule is N#Cc1ccc(-c2c[nH]n(-c3ccc(C(=O)NC4CC5(COC5)C4)cn3)c2=O)cc1. The minimum absolute atomic E-state index is 0.161. The highest BCUT2D eigenvalue weighted by Gasteiger charge is 2.50. The van der Waals surface area contributed by atoms with Crippen molar-refractivity contribution in [1.82, 2.24) is 20.1 Å². The molecule has 1 amide bonds. The minimum Gasteiger partial charge on any atom is -0.380 e. The van der Waals surface area contributed by atoms with Gasteiger partial charge in [0, 0.05) is 23.9 Å². The highest BCUT2D eigenvalue weighted by molar-refractivity contribution is 5.94. The van der Waals surface area contributed by atoms with Gasteiger partial charge in [0.05, 0.1) is 36.0 Å². The predicted octanol–water partition coefficient (Wildman–Crippen LogP) is 2.01. The van der Waals surface area contributed by atoms with E-state index in [9.17, 15) is 9.59 Å². The summed E-state index contributed by atoms with van der Waals surface area (Å²) in [5.74, 6) is 0.233. The van der Waals surface area contributed by atoms with Crippen molar-refractivity contribution >= 4 is 5.91 Å². The summed E-state index contributed by atoms with van der Waals surface area (Å²) in [6.07, 6.45) is 4.99. The number of amides is 1. The molecule has 2 aromatic heterocycles. The van der Waals surface area contributed by atoms with Crippen LogP contribution < -0.4 is 10.9 Å². The van der Waals surface area contributed by atoms with Crippen LogP contribution in [0.2, 0.25) is 0 Å². The van der Waals surface area contributed by atoms with Gasteiger partial charge in [-0.15, -0.1) is 0 Å². The monoisotopic (exact) mass is 401 g/mol. The van der Waals surface area contributed by atoms with E-state index in [0.717, 1.165) is 26.1 Å². The minimum atomic E-state index is -0.258. The molecule has 1 saturated carbocycles. The van der Waals surface area contributed by atoms with E-state index >= 15 is 0 Å². The van der Waals surface area contributed by atoms with Crippen LogP contribution in [0, 0.1) is 16.7 Å².